The Labute approximate surface area is 194 Å². The molecule has 0 fully saturated rings. The van der Waals surface area contributed by atoms with E-state index < -0.39 is 24.1 Å². The van der Waals surface area contributed by atoms with E-state index in [9.17, 15) is 18.0 Å². The maximum Gasteiger partial charge on any atom is 0.387 e. The van der Waals surface area contributed by atoms with E-state index in [1.54, 1.807) is 25.6 Å². The third-order valence-electron chi connectivity index (χ3n) is 4.86. The number of anilines is 1. The molecular formula is C23H25F3N4O4. The maximum absolute atomic E-state index is 14.1. The van der Waals surface area contributed by atoms with Crippen LogP contribution in [0, 0.1) is 5.82 Å². The van der Waals surface area contributed by atoms with Gasteiger partial charge in [0.25, 0.3) is 5.91 Å². The lowest BCUT2D eigenvalue weighted by atomic mass is 10.0. The highest BCUT2D eigenvalue weighted by atomic mass is 19.3. The molecule has 0 saturated heterocycles. The normalized spacial score (nSPS) is 13.5. The molecule has 1 aromatic heterocycles. The van der Waals surface area contributed by atoms with Crippen molar-refractivity contribution in [2.24, 2.45) is 0 Å². The molecule has 1 aromatic carbocycles. The lowest BCUT2D eigenvalue weighted by Gasteiger charge is -2.24. The van der Waals surface area contributed by atoms with Crippen LogP contribution in [-0.2, 0) is 16.1 Å². The molecular weight excluding hydrogens is 453 g/mol. The van der Waals surface area contributed by atoms with Gasteiger partial charge in [-0.2, -0.15) is 8.78 Å². The molecule has 0 radical (unpaired) electrons. The molecule has 0 saturated carbocycles. The smallest absolute Gasteiger partial charge is 0.387 e. The topological polar surface area (TPSA) is 93.7 Å². The first kappa shape index (κ1) is 24.9. The van der Waals surface area contributed by atoms with Crippen molar-refractivity contribution < 1.29 is 32.2 Å². The second-order valence-corrected chi connectivity index (χ2v) is 7.14. The second kappa shape index (κ2) is 11.9. The van der Waals surface area contributed by atoms with Crippen LogP contribution in [0.25, 0.3) is 0 Å². The zero-order valence-electron chi connectivity index (χ0n) is 18.5. The highest BCUT2D eigenvalue weighted by molar-refractivity contribution is 6.00. The summed E-state index contributed by atoms with van der Waals surface area (Å²) >= 11 is 0. The van der Waals surface area contributed by atoms with Gasteiger partial charge < -0.3 is 30.2 Å². The number of carbonyl (C=O) groups excluding carboxylic acids is 1. The molecule has 3 rings (SSSR count). The van der Waals surface area contributed by atoms with Crippen LogP contribution in [-0.4, -0.2) is 44.4 Å². The zero-order chi connectivity index (χ0) is 24.5. The number of hydrogen-bond donors (Lipinski definition) is 3. The Morgan fingerprint density at radius 2 is 2.12 bits per heavy atom. The van der Waals surface area contributed by atoms with E-state index in [-0.39, 0.29) is 17.0 Å². The molecule has 11 heteroatoms. The molecule has 0 spiro atoms. The van der Waals surface area contributed by atoms with Gasteiger partial charge in [-0.25, -0.2) is 4.39 Å². The third-order valence-corrected chi connectivity index (χ3v) is 4.86. The summed E-state index contributed by atoms with van der Waals surface area (Å²) in [7, 11) is 1.57. The molecule has 1 aliphatic heterocycles. The van der Waals surface area contributed by atoms with Gasteiger partial charge in [-0.1, -0.05) is 12.6 Å². The van der Waals surface area contributed by atoms with Crippen LogP contribution in [0.1, 0.15) is 12.0 Å². The van der Waals surface area contributed by atoms with Gasteiger partial charge in [-0.15, -0.1) is 0 Å². The Kier molecular flexibility index (Phi) is 8.74. The number of aromatic nitrogens is 1. The van der Waals surface area contributed by atoms with Gasteiger partial charge in [0, 0.05) is 49.8 Å². The minimum atomic E-state index is -3.22. The fraction of sp³-hybridized carbons (Fsp3) is 0.304. The highest BCUT2D eigenvalue weighted by Gasteiger charge is 2.24. The number of pyridine rings is 1. The van der Waals surface area contributed by atoms with Gasteiger partial charge in [0.15, 0.2) is 11.6 Å². The quantitative estimate of drug-likeness (QED) is 0.403. The summed E-state index contributed by atoms with van der Waals surface area (Å²) in [6.07, 6.45) is 3.68. The molecule has 0 unspecified atom stereocenters. The lowest BCUT2D eigenvalue weighted by Crippen LogP contribution is -2.37. The zero-order valence-corrected chi connectivity index (χ0v) is 18.5. The number of hydrogen-bond acceptors (Lipinski definition) is 7. The average Bonchev–Trinajstić information content (AvgIpc) is 2.80. The summed E-state index contributed by atoms with van der Waals surface area (Å²) < 4.78 is 54.5. The van der Waals surface area contributed by atoms with E-state index in [1.807, 2.05) is 0 Å². The number of benzene rings is 1. The van der Waals surface area contributed by atoms with Crippen LogP contribution in [0.4, 0.5) is 18.9 Å². The molecule has 3 N–H and O–H groups in total. The van der Waals surface area contributed by atoms with Gasteiger partial charge in [0.2, 0.25) is 0 Å². The summed E-state index contributed by atoms with van der Waals surface area (Å²) in [5, 5.41) is 8.68. The molecule has 8 nitrogen and oxygen atoms in total. The van der Waals surface area contributed by atoms with E-state index in [0.29, 0.717) is 44.2 Å². The van der Waals surface area contributed by atoms with Crippen molar-refractivity contribution in [3.8, 4) is 11.5 Å². The van der Waals surface area contributed by atoms with Crippen molar-refractivity contribution in [3.05, 3.63) is 71.6 Å². The Hall–Kier alpha value is -3.73. The van der Waals surface area contributed by atoms with Crippen LogP contribution in [0.2, 0.25) is 0 Å². The fourth-order valence-corrected chi connectivity index (χ4v) is 3.31. The Balaban J connectivity index is 1.81. The molecule has 34 heavy (non-hydrogen) atoms. The van der Waals surface area contributed by atoms with Gasteiger partial charge >= 0.3 is 6.61 Å². The highest BCUT2D eigenvalue weighted by Crippen LogP contribution is 2.32. The first-order chi connectivity index (χ1) is 16.4. The van der Waals surface area contributed by atoms with Crippen LogP contribution in [0.5, 0.6) is 11.5 Å². The minimum absolute atomic E-state index is 0.0847. The van der Waals surface area contributed by atoms with E-state index in [2.05, 4.69) is 32.3 Å². The van der Waals surface area contributed by atoms with Crippen LogP contribution in [0.3, 0.4) is 0 Å². The summed E-state index contributed by atoms with van der Waals surface area (Å²) in [6.45, 7) is 2.13. The molecule has 1 amide bonds. The molecule has 0 aliphatic carbocycles. The predicted molar refractivity (Wildman–Crippen MR) is 119 cm³/mol. The van der Waals surface area contributed by atoms with Crippen molar-refractivity contribution in [3.63, 3.8) is 0 Å². The van der Waals surface area contributed by atoms with Gasteiger partial charge in [-0.3, -0.25) is 9.78 Å². The molecule has 1 aliphatic rings. The van der Waals surface area contributed by atoms with Crippen molar-refractivity contribution in [2.45, 2.75) is 19.6 Å². The van der Waals surface area contributed by atoms with E-state index in [1.165, 1.54) is 12.1 Å². The number of methoxy groups -OCH3 is 1. The molecule has 182 valence electrons. The van der Waals surface area contributed by atoms with Crippen molar-refractivity contribution in [1.29, 1.82) is 0 Å². The Morgan fingerprint density at radius 3 is 2.88 bits per heavy atom. The average molecular weight is 478 g/mol. The number of amides is 1. The van der Waals surface area contributed by atoms with Gasteiger partial charge in [0.1, 0.15) is 12.4 Å². The largest absolute Gasteiger partial charge is 0.489 e. The SMILES string of the molecule is C=C(Nc1cccc(F)c1OC(F)F)C1=C(NCc2ccncc2OCCOC)CCNC1=O. The fourth-order valence-electron chi connectivity index (χ4n) is 3.31. The number of halogens is 3. The summed E-state index contributed by atoms with van der Waals surface area (Å²) in [5.74, 6) is -1.48. The first-order valence-electron chi connectivity index (χ1n) is 10.4. The van der Waals surface area contributed by atoms with Crippen molar-refractivity contribution in [1.82, 2.24) is 15.6 Å². The van der Waals surface area contributed by atoms with E-state index in [4.69, 9.17) is 9.47 Å². The first-order valence-corrected chi connectivity index (χ1v) is 10.4. The van der Waals surface area contributed by atoms with Crippen molar-refractivity contribution in [2.75, 3.05) is 32.2 Å². The minimum Gasteiger partial charge on any atom is -0.489 e. The summed E-state index contributed by atoms with van der Waals surface area (Å²) in [5.41, 5.74) is 1.58. The third kappa shape index (κ3) is 6.41. The van der Waals surface area contributed by atoms with E-state index in [0.717, 1.165) is 11.6 Å². The molecule has 0 atom stereocenters. The molecule has 0 bridgehead atoms. The van der Waals surface area contributed by atoms with Gasteiger partial charge in [-0.05, 0) is 18.2 Å². The summed E-state index contributed by atoms with van der Waals surface area (Å²) in [4.78, 5) is 16.7. The predicted octanol–water partition coefficient (Wildman–Crippen LogP) is 3.34. The number of ether oxygens (including phenoxy) is 3. The summed E-state index contributed by atoms with van der Waals surface area (Å²) in [6, 6.07) is 5.45. The number of alkyl halides is 2. The Bertz CT molecular complexity index is 1060. The van der Waals surface area contributed by atoms with Crippen LogP contribution < -0.4 is 25.4 Å². The number of nitrogens with one attached hydrogen (secondary N) is 3. The monoisotopic (exact) mass is 478 g/mol. The number of rotatable bonds is 12. The van der Waals surface area contributed by atoms with Crippen molar-refractivity contribution >= 4 is 11.6 Å². The lowest BCUT2D eigenvalue weighted by molar-refractivity contribution is -0.117. The van der Waals surface area contributed by atoms with Gasteiger partial charge in [0.05, 0.1) is 24.1 Å². The molecule has 2 aromatic rings. The number of para-hydroxylation sites is 1. The number of nitrogens with zero attached hydrogens (tertiary/aromatic N) is 1. The van der Waals surface area contributed by atoms with Crippen LogP contribution >= 0.6 is 0 Å². The maximum atomic E-state index is 14.1. The standard InChI is InChI=1S/C23H25F3N4O4/c1-14(30-18-5-3-4-16(24)21(18)34-23(25)26)20-17(7-9-28-22(20)31)29-12-15-6-8-27-13-19(15)33-11-10-32-2/h3-6,8,13,23,29-30H,1,7,9-12H2,2H3,(H,28,31). The second-order valence-electron chi connectivity index (χ2n) is 7.14. The van der Waals surface area contributed by atoms with E-state index >= 15 is 0 Å². The van der Waals surface area contributed by atoms with Crippen LogP contribution in [0.15, 0.2) is 60.2 Å². The Morgan fingerprint density at radius 1 is 1.29 bits per heavy atom. The molecule has 2 heterocycles. The number of carbonyl (C=O) groups is 1.